The van der Waals surface area contributed by atoms with Gasteiger partial charge in [0.2, 0.25) is 11.8 Å². The normalized spacial score (nSPS) is 15.9. The molecule has 0 unspecified atom stereocenters. The van der Waals surface area contributed by atoms with E-state index in [4.69, 9.17) is 9.26 Å². The minimum atomic E-state index is -0.527. The maximum atomic E-state index is 12.7. The number of amides is 2. The van der Waals surface area contributed by atoms with Gasteiger partial charge in [-0.25, -0.2) is 9.78 Å². The molecule has 3 aromatic rings. The van der Waals surface area contributed by atoms with Crippen molar-refractivity contribution in [1.82, 2.24) is 15.0 Å². The summed E-state index contributed by atoms with van der Waals surface area (Å²) in [5.74, 6) is -0.340. The molecule has 1 N–H and O–H groups in total. The fourth-order valence-corrected chi connectivity index (χ4v) is 5.94. The van der Waals surface area contributed by atoms with Crippen LogP contribution in [0.3, 0.4) is 0 Å². The van der Waals surface area contributed by atoms with Crippen molar-refractivity contribution in [1.29, 1.82) is 0 Å². The topological polar surface area (TPSA) is 115 Å². The van der Waals surface area contributed by atoms with E-state index in [1.54, 1.807) is 11.8 Å². The average Bonchev–Trinajstić information content (AvgIpc) is 3.63. The number of nitrogens with one attached hydrogen (secondary N) is 1. The standard InChI is InChI=1S/C28H30N4O5S/c1-2-36-28(35)22-16-24(37-31-22)23-17-38-27(30-23)19-12-14-32(15-13-19)26(34)11-10-25(33)29-21-9-5-7-18-6-3-4-8-20(18)21/h5,7,9-11,16-17,19H,2-4,6,8,12-15H2,1H3,(H,29,33). The van der Waals surface area contributed by atoms with E-state index >= 15 is 0 Å². The van der Waals surface area contributed by atoms with Crippen LogP contribution >= 0.6 is 11.3 Å². The van der Waals surface area contributed by atoms with Crippen LogP contribution in [0.1, 0.15) is 65.1 Å². The number of fused-ring (bicyclic) bond motifs is 1. The molecule has 0 saturated carbocycles. The molecule has 1 fully saturated rings. The Morgan fingerprint density at radius 2 is 2.00 bits per heavy atom. The summed E-state index contributed by atoms with van der Waals surface area (Å²) in [4.78, 5) is 43.5. The number of esters is 1. The van der Waals surface area contributed by atoms with Gasteiger partial charge in [0.25, 0.3) is 0 Å². The zero-order valence-corrected chi connectivity index (χ0v) is 22.1. The van der Waals surface area contributed by atoms with Crippen molar-refractivity contribution in [3.63, 3.8) is 0 Å². The smallest absolute Gasteiger partial charge is 0.360 e. The van der Waals surface area contributed by atoms with Gasteiger partial charge in [-0.15, -0.1) is 11.3 Å². The van der Waals surface area contributed by atoms with Crippen LogP contribution in [-0.4, -0.2) is 52.5 Å². The molecule has 2 amide bonds. The van der Waals surface area contributed by atoms with Gasteiger partial charge in [-0.3, -0.25) is 9.59 Å². The van der Waals surface area contributed by atoms with E-state index in [1.807, 2.05) is 17.5 Å². The Balaban J connectivity index is 1.12. The lowest BCUT2D eigenvalue weighted by molar-refractivity contribution is -0.127. The van der Waals surface area contributed by atoms with Crippen molar-refractivity contribution in [3.05, 3.63) is 63.6 Å². The van der Waals surface area contributed by atoms with Crippen LogP contribution in [0.25, 0.3) is 11.5 Å². The summed E-state index contributed by atoms with van der Waals surface area (Å²) in [5.41, 5.74) is 4.09. The molecular weight excluding hydrogens is 504 g/mol. The first-order chi connectivity index (χ1) is 18.5. The minimum absolute atomic E-state index is 0.119. The molecule has 1 aromatic carbocycles. The Bertz CT molecular complexity index is 1350. The Kier molecular flexibility index (Phi) is 7.97. The summed E-state index contributed by atoms with van der Waals surface area (Å²) in [7, 11) is 0. The highest BCUT2D eigenvalue weighted by atomic mass is 32.1. The van der Waals surface area contributed by atoms with Crippen LogP contribution in [0.2, 0.25) is 0 Å². The summed E-state index contributed by atoms with van der Waals surface area (Å²) in [5, 5.41) is 9.56. The molecule has 9 nitrogen and oxygen atoms in total. The van der Waals surface area contributed by atoms with Gasteiger partial charge in [-0.05, 0) is 62.6 Å². The van der Waals surface area contributed by atoms with Gasteiger partial charge in [0, 0.05) is 48.3 Å². The largest absolute Gasteiger partial charge is 0.461 e. The van der Waals surface area contributed by atoms with Gasteiger partial charge in [-0.2, -0.15) is 0 Å². The molecule has 1 aliphatic heterocycles. The number of carbonyl (C=O) groups excluding carboxylic acids is 3. The summed E-state index contributed by atoms with van der Waals surface area (Å²) < 4.78 is 10.2. The molecule has 5 rings (SSSR count). The van der Waals surface area contributed by atoms with Crippen LogP contribution < -0.4 is 5.32 Å². The monoisotopic (exact) mass is 534 g/mol. The fourth-order valence-electron chi connectivity index (χ4n) is 4.96. The van der Waals surface area contributed by atoms with Crippen molar-refractivity contribution < 1.29 is 23.6 Å². The van der Waals surface area contributed by atoms with Crippen LogP contribution in [-0.2, 0) is 27.2 Å². The molecule has 1 aliphatic carbocycles. The number of hydrogen-bond acceptors (Lipinski definition) is 8. The van der Waals surface area contributed by atoms with Gasteiger partial charge in [-0.1, -0.05) is 17.3 Å². The van der Waals surface area contributed by atoms with Crippen LogP contribution in [0.4, 0.5) is 5.69 Å². The van der Waals surface area contributed by atoms with Crippen molar-refractivity contribution in [2.24, 2.45) is 0 Å². The van der Waals surface area contributed by atoms with Gasteiger partial charge >= 0.3 is 5.97 Å². The maximum Gasteiger partial charge on any atom is 0.360 e. The number of rotatable bonds is 7. The van der Waals surface area contributed by atoms with Gasteiger partial charge < -0.3 is 19.5 Å². The van der Waals surface area contributed by atoms with Crippen LogP contribution in [0.15, 0.2) is 46.3 Å². The number of aromatic nitrogens is 2. The second-order valence-corrected chi connectivity index (χ2v) is 10.3. The van der Waals surface area contributed by atoms with Crippen molar-refractivity contribution in [3.8, 4) is 11.5 Å². The molecule has 10 heteroatoms. The first-order valence-corrected chi connectivity index (χ1v) is 13.9. The molecule has 0 spiro atoms. The van der Waals surface area contributed by atoms with E-state index in [9.17, 15) is 14.4 Å². The van der Waals surface area contributed by atoms with Gasteiger partial charge in [0.15, 0.2) is 11.5 Å². The lowest BCUT2D eigenvalue weighted by Crippen LogP contribution is -2.37. The molecule has 2 aliphatic rings. The molecule has 0 atom stereocenters. The first-order valence-electron chi connectivity index (χ1n) is 13.0. The highest BCUT2D eigenvalue weighted by molar-refractivity contribution is 7.10. The Morgan fingerprint density at radius 1 is 1.18 bits per heavy atom. The zero-order valence-electron chi connectivity index (χ0n) is 21.3. The molecule has 0 radical (unpaired) electrons. The first kappa shape index (κ1) is 25.8. The van der Waals surface area contributed by atoms with Gasteiger partial charge in [0.05, 0.1) is 11.6 Å². The SMILES string of the molecule is CCOC(=O)c1cc(-c2csc(C3CCN(C(=O)C=CC(=O)Nc4cccc5c4CCCC5)CC3)n2)on1. The van der Waals surface area contributed by atoms with E-state index in [0.717, 1.165) is 42.8 Å². The zero-order chi connectivity index (χ0) is 26.5. The van der Waals surface area contributed by atoms with E-state index in [2.05, 4.69) is 21.5 Å². The number of anilines is 1. The predicted molar refractivity (Wildman–Crippen MR) is 143 cm³/mol. The molecule has 3 heterocycles. The van der Waals surface area contributed by atoms with E-state index < -0.39 is 5.97 Å². The van der Waals surface area contributed by atoms with Gasteiger partial charge in [0.1, 0.15) is 5.69 Å². The van der Waals surface area contributed by atoms with Crippen LogP contribution in [0, 0.1) is 0 Å². The van der Waals surface area contributed by atoms with Crippen LogP contribution in [0.5, 0.6) is 0 Å². The van der Waals surface area contributed by atoms with Crippen molar-refractivity contribution in [2.75, 3.05) is 25.0 Å². The third-order valence-electron chi connectivity index (χ3n) is 6.96. The fraction of sp³-hybridized carbons (Fsp3) is 0.393. The number of nitrogens with zero attached hydrogens (tertiary/aromatic N) is 3. The molecule has 0 bridgehead atoms. The molecule has 38 heavy (non-hydrogen) atoms. The summed E-state index contributed by atoms with van der Waals surface area (Å²) in [6.45, 7) is 3.17. The lowest BCUT2D eigenvalue weighted by atomic mass is 9.90. The average molecular weight is 535 g/mol. The molecular formula is C28H30N4O5S. The number of ether oxygens (including phenoxy) is 1. The van der Waals surface area contributed by atoms with E-state index in [-0.39, 0.29) is 30.0 Å². The van der Waals surface area contributed by atoms with E-state index in [0.29, 0.717) is 24.5 Å². The Morgan fingerprint density at radius 3 is 2.82 bits per heavy atom. The second-order valence-electron chi connectivity index (χ2n) is 9.44. The number of thiazole rings is 1. The third kappa shape index (κ3) is 5.85. The van der Waals surface area contributed by atoms with Crippen molar-refractivity contribution in [2.45, 2.75) is 51.4 Å². The second kappa shape index (κ2) is 11.7. The number of piperidine rings is 1. The quantitative estimate of drug-likeness (QED) is 0.343. The Hall–Kier alpha value is -3.79. The summed E-state index contributed by atoms with van der Waals surface area (Å²) >= 11 is 1.53. The number of likely N-dealkylation sites (tertiary alicyclic amines) is 1. The number of carbonyl (C=O) groups is 3. The molecule has 198 valence electrons. The Labute approximate surface area is 224 Å². The number of hydrogen-bond donors (Lipinski definition) is 1. The number of benzene rings is 1. The minimum Gasteiger partial charge on any atom is -0.461 e. The summed E-state index contributed by atoms with van der Waals surface area (Å²) in [6, 6.07) is 7.55. The van der Waals surface area contributed by atoms with E-state index in [1.165, 1.54) is 47.1 Å². The molecule has 2 aromatic heterocycles. The lowest BCUT2D eigenvalue weighted by Gasteiger charge is -2.30. The molecule has 1 saturated heterocycles. The summed E-state index contributed by atoms with van der Waals surface area (Å²) in [6.07, 6.45) is 8.56. The highest BCUT2D eigenvalue weighted by Gasteiger charge is 2.26. The van der Waals surface area contributed by atoms with Crippen molar-refractivity contribution >= 4 is 34.8 Å². The third-order valence-corrected chi connectivity index (χ3v) is 7.96. The predicted octanol–water partition coefficient (Wildman–Crippen LogP) is 4.75. The number of aryl methyl sites for hydroxylation is 1. The highest BCUT2D eigenvalue weighted by Crippen LogP contribution is 2.33. The maximum absolute atomic E-state index is 12.7.